The highest BCUT2D eigenvalue weighted by Gasteiger charge is 2.14. The zero-order valence-corrected chi connectivity index (χ0v) is 12.7. The van der Waals surface area contributed by atoms with Crippen molar-refractivity contribution in [1.82, 2.24) is 0 Å². The Morgan fingerprint density at radius 3 is 2.57 bits per heavy atom. The Morgan fingerprint density at radius 1 is 0.952 bits per heavy atom. The normalized spacial score (nSPS) is 20.7. The van der Waals surface area contributed by atoms with Gasteiger partial charge < -0.3 is 5.73 Å². The highest BCUT2D eigenvalue weighted by atomic mass is 32.1. The van der Waals surface area contributed by atoms with E-state index >= 15 is 0 Å². The van der Waals surface area contributed by atoms with E-state index in [1.165, 1.54) is 31.0 Å². The summed E-state index contributed by atoms with van der Waals surface area (Å²) >= 11 is 1.87. The number of nitrogens with two attached hydrogens (primary N) is 1. The molecule has 0 amide bonds. The van der Waals surface area contributed by atoms with Crippen molar-refractivity contribution in [2.45, 2.75) is 13.0 Å². The summed E-state index contributed by atoms with van der Waals surface area (Å²) in [6.45, 7) is 2.18. The first-order valence-corrected chi connectivity index (χ1v) is 8.11. The molecule has 1 heterocycles. The molecule has 3 aromatic rings. The molecule has 0 aliphatic heterocycles. The van der Waals surface area contributed by atoms with Gasteiger partial charge in [-0.2, -0.15) is 0 Å². The number of hydrogen-bond acceptors (Lipinski definition) is 2. The van der Waals surface area contributed by atoms with Gasteiger partial charge in [0.2, 0.25) is 0 Å². The average Bonchev–Trinajstić information content (AvgIpc) is 2.85. The van der Waals surface area contributed by atoms with Crippen molar-refractivity contribution in [2.24, 2.45) is 11.7 Å². The van der Waals surface area contributed by atoms with Gasteiger partial charge in [-0.15, -0.1) is 11.3 Å². The van der Waals surface area contributed by atoms with Crippen LogP contribution in [0.15, 0.2) is 48.5 Å². The standard InChI is InChI=1S/C19H17NS/c1-12-9-19-16(11-17(12)20)15-10-14(7-8-18(15)21-19)13-5-3-2-4-6-13/h2-12,17H,20H2,1H3. The van der Waals surface area contributed by atoms with Crippen LogP contribution in [0.4, 0.5) is 0 Å². The average molecular weight is 291 g/mol. The monoisotopic (exact) mass is 291 g/mol. The lowest BCUT2D eigenvalue weighted by atomic mass is 9.96. The fourth-order valence-corrected chi connectivity index (χ4v) is 4.16. The molecule has 1 nitrogen and oxygen atoms in total. The van der Waals surface area contributed by atoms with E-state index < -0.39 is 0 Å². The molecule has 4 rings (SSSR count). The van der Waals surface area contributed by atoms with Crippen LogP contribution < -0.4 is 15.5 Å². The fourth-order valence-electron chi connectivity index (χ4n) is 2.94. The zero-order chi connectivity index (χ0) is 14.4. The van der Waals surface area contributed by atoms with Crippen LogP contribution in [0.2, 0.25) is 0 Å². The van der Waals surface area contributed by atoms with Crippen LogP contribution in [0.1, 0.15) is 6.92 Å². The SMILES string of the molecule is CC1C=c2sc3ccc(-c4ccccc4)cc3c2=CC1N. The summed E-state index contributed by atoms with van der Waals surface area (Å²) in [5.41, 5.74) is 8.74. The Kier molecular flexibility index (Phi) is 2.95. The van der Waals surface area contributed by atoms with E-state index in [9.17, 15) is 0 Å². The third-order valence-corrected chi connectivity index (χ3v) is 5.39. The van der Waals surface area contributed by atoms with Gasteiger partial charge in [-0.05, 0) is 34.4 Å². The minimum atomic E-state index is 0.121. The number of rotatable bonds is 1. The molecule has 1 aliphatic carbocycles. The van der Waals surface area contributed by atoms with Crippen LogP contribution in [0.25, 0.3) is 33.4 Å². The molecule has 104 valence electrons. The van der Waals surface area contributed by atoms with Crippen molar-refractivity contribution < 1.29 is 0 Å². The van der Waals surface area contributed by atoms with Gasteiger partial charge in [-0.1, -0.05) is 55.5 Å². The fraction of sp³-hybridized carbons (Fsp3) is 0.158. The first-order valence-electron chi connectivity index (χ1n) is 7.29. The quantitative estimate of drug-likeness (QED) is 0.732. The summed E-state index contributed by atoms with van der Waals surface area (Å²) in [7, 11) is 0. The van der Waals surface area contributed by atoms with Crippen LogP contribution in [0.5, 0.6) is 0 Å². The van der Waals surface area contributed by atoms with Crippen molar-refractivity contribution in [3.8, 4) is 11.1 Å². The van der Waals surface area contributed by atoms with E-state index in [4.69, 9.17) is 5.73 Å². The maximum absolute atomic E-state index is 6.21. The van der Waals surface area contributed by atoms with Gasteiger partial charge in [-0.3, -0.25) is 0 Å². The van der Waals surface area contributed by atoms with Crippen LogP contribution in [0, 0.1) is 5.92 Å². The lowest BCUT2D eigenvalue weighted by Gasteiger charge is -2.14. The molecule has 0 bridgehead atoms. The Morgan fingerprint density at radius 2 is 1.76 bits per heavy atom. The molecule has 0 spiro atoms. The minimum absolute atomic E-state index is 0.121. The second-order valence-electron chi connectivity index (χ2n) is 5.73. The van der Waals surface area contributed by atoms with Gasteiger partial charge in [0, 0.05) is 20.7 Å². The second-order valence-corrected chi connectivity index (χ2v) is 6.81. The molecule has 21 heavy (non-hydrogen) atoms. The van der Waals surface area contributed by atoms with Crippen LogP contribution in [-0.4, -0.2) is 6.04 Å². The second kappa shape index (κ2) is 4.83. The molecule has 2 heteroatoms. The Balaban J connectivity index is 2.00. The molecule has 2 aromatic carbocycles. The number of fused-ring (bicyclic) bond motifs is 3. The van der Waals surface area contributed by atoms with Crippen LogP contribution >= 0.6 is 11.3 Å². The maximum atomic E-state index is 6.21. The topological polar surface area (TPSA) is 26.0 Å². The zero-order valence-electron chi connectivity index (χ0n) is 11.9. The molecule has 0 fully saturated rings. The molecule has 0 saturated heterocycles. The maximum Gasteiger partial charge on any atom is 0.0355 e. The largest absolute Gasteiger partial charge is 0.324 e. The lowest BCUT2D eigenvalue weighted by molar-refractivity contribution is 0.682. The van der Waals surface area contributed by atoms with Crippen molar-refractivity contribution in [3.05, 3.63) is 58.3 Å². The van der Waals surface area contributed by atoms with E-state index in [0.29, 0.717) is 5.92 Å². The molecule has 2 N–H and O–H groups in total. The molecule has 2 atom stereocenters. The molecular weight excluding hydrogens is 274 g/mol. The predicted molar refractivity (Wildman–Crippen MR) is 92.6 cm³/mol. The number of thiophene rings is 1. The van der Waals surface area contributed by atoms with E-state index in [-0.39, 0.29) is 6.04 Å². The summed E-state index contributed by atoms with van der Waals surface area (Å²) in [5, 5.41) is 2.65. The first kappa shape index (κ1) is 12.8. The van der Waals surface area contributed by atoms with E-state index in [1.54, 1.807) is 0 Å². The Labute approximate surface area is 128 Å². The summed E-state index contributed by atoms with van der Waals surface area (Å²) < 4.78 is 2.71. The molecular formula is C19H17NS. The van der Waals surface area contributed by atoms with E-state index in [2.05, 4.69) is 67.6 Å². The van der Waals surface area contributed by atoms with E-state index in [0.717, 1.165) is 0 Å². The molecule has 1 aliphatic rings. The minimum Gasteiger partial charge on any atom is -0.324 e. The van der Waals surface area contributed by atoms with Gasteiger partial charge >= 0.3 is 0 Å². The number of benzene rings is 2. The third kappa shape index (κ3) is 2.11. The van der Waals surface area contributed by atoms with Crippen molar-refractivity contribution in [2.75, 3.05) is 0 Å². The van der Waals surface area contributed by atoms with Crippen LogP contribution in [-0.2, 0) is 0 Å². The third-order valence-electron chi connectivity index (χ3n) is 4.24. The van der Waals surface area contributed by atoms with Crippen LogP contribution in [0.3, 0.4) is 0 Å². The molecule has 0 saturated carbocycles. The first-order chi connectivity index (χ1) is 10.2. The summed E-state index contributed by atoms with van der Waals surface area (Å²) in [4.78, 5) is 0. The van der Waals surface area contributed by atoms with Crippen molar-refractivity contribution in [3.63, 3.8) is 0 Å². The molecule has 2 unspecified atom stereocenters. The highest BCUT2D eigenvalue weighted by molar-refractivity contribution is 7.17. The van der Waals surface area contributed by atoms with Crippen molar-refractivity contribution >= 4 is 33.6 Å². The molecule has 0 radical (unpaired) electrons. The predicted octanol–water partition coefficient (Wildman–Crippen LogP) is 3.11. The lowest BCUT2D eigenvalue weighted by Crippen LogP contribution is -2.36. The van der Waals surface area contributed by atoms with E-state index in [1.807, 2.05) is 11.3 Å². The number of hydrogen-bond donors (Lipinski definition) is 1. The summed E-state index contributed by atoms with van der Waals surface area (Å²) in [6.07, 6.45) is 4.54. The van der Waals surface area contributed by atoms with Gasteiger partial charge in [0.05, 0.1) is 0 Å². The van der Waals surface area contributed by atoms with Gasteiger partial charge in [0.25, 0.3) is 0 Å². The van der Waals surface area contributed by atoms with Gasteiger partial charge in [0.15, 0.2) is 0 Å². The highest BCUT2D eigenvalue weighted by Crippen LogP contribution is 2.24. The van der Waals surface area contributed by atoms with Gasteiger partial charge in [-0.25, -0.2) is 0 Å². The molecule has 1 aromatic heterocycles. The van der Waals surface area contributed by atoms with Gasteiger partial charge in [0.1, 0.15) is 0 Å². The smallest absolute Gasteiger partial charge is 0.0355 e. The van der Waals surface area contributed by atoms with Crippen molar-refractivity contribution in [1.29, 1.82) is 0 Å². The summed E-state index contributed by atoms with van der Waals surface area (Å²) in [5.74, 6) is 0.416. The summed E-state index contributed by atoms with van der Waals surface area (Å²) in [6, 6.07) is 17.4. The Bertz CT molecular complexity index is 921. The Hall–Kier alpha value is -1.90.